The molecule has 1 heterocycles. The number of nitrogens with one attached hydrogen (secondary N) is 2. The van der Waals surface area contributed by atoms with E-state index in [1.807, 2.05) is 0 Å². The van der Waals surface area contributed by atoms with Crippen molar-refractivity contribution in [1.82, 2.24) is 25.4 Å². The first-order valence-electron chi connectivity index (χ1n) is 6.31. The predicted octanol–water partition coefficient (Wildman–Crippen LogP) is 1.17. The van der Waals surface area contributed by atoms with Crippen LogP contribution >= 0.6 is 11.8 Å². The van der Waals surface area contributed by atoms with Crippen molar-refractivity contribution in [1.29, 1.82) is 0 Å². The molecule has 0 unspecified atom stereocenters. The van der Waals surface area contributed by atoms with E-state index >= 15 is 0 Å². The molecule has 0 aliphatic carbocycles. The number of thioether (sulfide) groups is 1. The number of amides is 3. The first-order valence-corrected chi connectivity index (χ1v) is 7.30. The molecule has 0 spiro atoms. The lowest BCUT2D eigenvalue weighted by molar-refractivity contribution is -0.117. The highest BCUT2D eigenvalue weighted by Gasteiger charge is 2.15. The lowest BCUT2D eigenvalue weighted by Gasteiger charge is -2.05. The van der Waals surface area contributed by atoms with Crippen LogP contribution in [0, 0.1) is 5.82 Å². The normalized spacial score (nSPS) is 10.3. The maximum atomic E-state index is 13.8. The van der Waals surface area contributed by atoms with Crippen LogP contribution in [-0.4, -0.2) is 39.5 Å². The van der Waals surface area contributed by atoms with Crippen LogP contribution < -0.4 is 10.6 Å². The van der Waals surface area contributed by atoms with Crippen molar-refractivity contribution < 1.29 is 14.0 Å². The summed E-state index contributed by atoms with van der Waals surface area (Å²) in [4.78, 5) is 22.5. The summed E-state index contributed by atoms with van der Waals surface area (Å²) in [6.45, 7) is 0. The first kappa shape index (κ1) is 16.0. The zero-order chi connectivity index (χ0) is 16.1. The second-order valence-corrected chi connectivity index (χ2v) is 5.20. The van der Waals surface area contributed by atoms with Crippen LogP contribution in [0.4, 0.5) is 9.18 Å². The van der Waals surface area contributed by atoms with Gasteiger partial charge in [0, 0.05) is 14.1 Å². The number of halogens is 1. The van der Waals surface area contributed by atoms with Crippen LogP contribution in [0.1, 0.15) is 0 Å². The summed E-state index contributed by atoms with van der Waals surface area (Å²) in [6.07, 6.45) is 0. The maximum absolute atomic E-state index is 13.8. The zero-order valence-corrected chi connectivity index (χ0v) is 12.8. The Kier molecular flexibility index (Phi) is 5.10. The number of benzene rings is 1. The number of carbonyl (C=O) groups is 2. The highest BCUT2D eigenvalue weighted by Crippen LogP contribution is 2.24. The van der Waals surface area contributed by atoms with Crippen LogP contribution in [-0.2, 0) is 11.8 Å². The van der Waals surface area contributed by atoms with Gasteiger partial charge in [-0.1, -0.05) is 23.9 Å². The topological polar surface area (TPSA) is 88.9 Å². The fourth-order valence-corrected chi connectivity index (χ4v) is 2.38. The number of carbonyl (C=O) groups excluding carboxylic acids is 2. The fraction of sp³-hybridized carbons (Fsp3) is 0.231. The third-order valence-electron chi connectivity index (χ3n) is 2.76. The molecule has 2 rings (SSSR count). The molecule has 9 heteroatoms. The van der Waals surface area contributed by atoms with Gasteiger partial charge in [-0.3, -0.25) is 10.1 Å². The zero-order valence-electron chi connectivity index (χ0n) is 12.0. The lowest BCUT2D eigenvalue weighted by Crippen LogP contribution is -2.38. The molecule has 2 N–H and O–H groups in total. The molecular formula is C13H14FN5O2S. The van der Waals surface area contributed by atoms with Gasteiger partial charge < -0.3 is 9.88 Å². The van der Waals surface area contributed by atoms with E-state index in [0.717, 1.165) is 11.8 Å². The van der Waals surface area contributed by atoms with Crippen LogP contribution in [0.3, 0.4) is 0 Å². The molecule has 2 aromatic rings. The van der Waals surface area contributed by atoms with Crippen molar-refractivity contribution in [2.75, 3.05) is 12.8 Å². The van der Waals surface area contributed by atoms with E-state index in [0.29, 0.717) is 16.5 Å². The van der Waals surface area contributed by atoms with E-state index in [-0.39, 0.29) is 5.75 Å². The number of aromatic nitrogens is 3. The summed E-state index contributed by atoms with van der Waals surface area (Å²) in [5, 5.41) is 12.7. The summed E-state index contributed by atoms with van der Waals surface area (Å²) in [5.41, 5.74) is 0.333. The van der Waals surface area contributed by atoms with Gasteiger partial charge in [0.15, 0.2) is 11.0 Å². The van der Waals surface area contributed by atoms with Gasteiger partial charge in [0.05, 0.1) is 11.3 Å². The summed E-state index contributed by atoms with van der Waals surface area (Å²) >= 11 is 1.10. The fourth-order valence-electron chi connectivity index (χ4n) is 1.67. The molecular weight excluding hydrogens is 309 g/mol. The lowest BCUT2D eigenvalue weighted by atomic mass is 10.2. The Labute approximate surface area is 130 Å². The van der Waals surface area contributed by atoms with E-state index in [2.05, 4.69) is 20.8 Å². The quantitative estimate of drug-likeness (QED) is 0.825. The Morgan fingerprint density at radius 1 is 1.32 bits per heavy atom. The maximum Gasteiger partial charge on any atom is 0.321 e. The smallest absolute Gasteiger partial charge is 0.321 e. The van der Waals surface area contributed by atoms with E-state index in [1.165, 1.54) is 13.1 Å². The standard InChI is InChI=1S/C13H14FN5O2S/c1-15-12(21)16-10(20)7-22-13-18-17-11(19(13)2)8-5-3-4-6-9(8)14/h3-6H,7H2,1-2H3,(H2,15,16,20,21). The number of imide groups is 1. The van der Waals surface area contributed by atoms with Gasteiger partial charge in [-0.15, -0.1) is 10.2 Å². The molecule has 3 amide bonds. The van der Waals surface area contributed by atoms with Gasteiger partial charge in [-0.05, 0) is 12.1 Å². The van der Waals surface area contributed by atoms with Crippen LogP contribution in [0.25, 0.3) is 11.4 Å². The molecule has 0 aliphatic heterocycles. The summed E-state index contributed by atoms with van der Waals surface area (Å²) in [7, 11) is 3.10. The van der Waals surface area contributed by atoms with Crippen molar-refractivity contribution in [3.63, 3.8) is 0 Å². The minimum atomic E-state index is -0.574. The van der Waals surface area contributed by atoms with Crippen molar-refractivity contribution >= 4 is 23.7 Å². The summed E-state index contributed by atoms with van der Waals surface area (Å²) in [6, 6.07) is 5.67. The van der Waals surface area contributed by atoms with Gasteiger partial charge in [0.1, 0.15) is 5.82 Å². The van der Waals surface area contributed by atoms with Gasteiger partial charge in [-0.25, -0.2) is 9.18 Å². The van der Waals surface area contributed by atoms with E-state index < -0.39 is 17.8 Å². The number of nitrogens with zero attached hydrogens (tertiary/aromatic N) is 3. The molecule has 0 atom stereocenters. The SMILES string of the molecule is CNC(=O)NC(=O)CSc1nnc(-c2ccccc2F)n1C. The number of hydrogen-bond acceptors (Lipinski definition) is 5. The molecule has 0 aliphatic rings. The van der Waals surface area contributed by atoms with E-state index in [9.17, 15) is 14.0 Å². The predicted molar refractivity (Wildman–Crippen MR) is 79.7 cm³/mol. The van der Waals surface area contributed by atoms with Crippen molar-refractivity contribution in [2.45, 2.75) is 5.16 Å². The molecule has 7 nitrogen and oxygen atoms in total. The molecule has 0 saturated carbocycles. The highest BCUT2D eigenvalue weighted by molar-refractivity contribution is 7.99. The third-order valence-corrected chi connectivity index (χ3v) is 3.78. The minimum absolute atomic E-state index is 0.00331. The molecule has 1 aromatic carbocycles. The largest absolute Gasteiger partial charge is 0.341 e. The molecule has 116 valence electrons. The van der Waals surface area contributed by atoms with Crippen molar-refractivity contribution in [2.24, 2.45) is 7.05 Å². The Morgan fingerprint density at radius 3 is 2.73 bits per heavy atom. The number of urea groups is 1. The van der Waals surface area contributed by atoms with Gasteiger partial charge in [0.25, 0.3) is 0 Å². The minimum Gasteiger partial charge on any atom is -0.341 e. The second kappa shape index (κ2) is 7.03. The van der Waals surface area contributed by atoms with Crippen molar-refractivity contribution in [3.05, 3.63) is 30.1 Å². The molecule has 22 heavy (non-hydrogen) atoms. The third kappa shape index (κ3) is 3.61. The molecule has 0 radical (unpaired) electrons. The molecule has 0 bridgehead atoms. The van der Waals surface area contributed by atoms with Crippen LogP contribution in [0.15, 0.2) is 29.4 Å². The number of rotatable bonds is 4. The summed E-state index contributed by atoms with van der Waals surface area (Å²) < 4.78 is 15.4. The Balaban J connectivity index is 2.07. The Hall–Kier alpha value is -2.42. The van der Waals surface area contributed by atoms with Gasteiger partial charge >= 0.3 is 6.03 Å². The van der Waals surface area contributed by atoms with Gasteiger partial charge in [-0.2, -0.15) is 0 Å². The van der Waals surface area contributed by atoms with Gasteiger partial charge in [0.2, 0.25) is 5.91 Å². The van der Waals surface area contributed by atoms with Crippen molar-refractivity contribution in [3.8, 4) is 11.4 Å². The molecule has 0 saturated heterocycles. The molecule has 0 fully saturated rings. The van der Waals surface area contributed by atoms with Crippen LogP contribution in [0.2, 0.25) is 0 Å². The summed E-state index contributed by atoms with van der Waals surface area (Å²) in [5.74, 6) is -0.490. The van der Waals surface area contributed by atoms with E-state index in [4.69, 9.17) is 0 Å². The Bertz CT molecular complexity index is 703. The van der Waals surface area contributed by atoms with E-state index in [1.54, 1.807) is 29.8 Å². The average Bonchev–Trinajstić information content (AvgIpc) is 2.86. The number of hydrogen-bond donors (Lipinski definition) is 2. The highest BCUT2D eigenvalue weighted by atomic mass is 32.2. The Morgan fingerprint density at radius 2 is 2.05 bits per heavy atom. The second-order valence-electron chi connectivity index (χ2n) is 4.26. The monoisotopic (exact) mass is 323 g/mol. The molecule has 1 aromatic heterocycles. The first-order chi connectivity index (χ1) is 10.5. The average molecular weight is 323 g/mol. The van der Waals surface area contributed by atoms with Crippen LogP contribution in [0.5, 0.6) is 0 Å².